The normalized spacial score (nSPS) is 23.1. The molecule has 26 heavy (non-hydrogen) atoms. The van der Waals surface area contributed by atoms with E-state index in [2.05, 4.69) is 37.2 Å². The number of rotatable bonds is 5. The molecule has 1 amide bonds. The molecule has 2 atom stereocenters. The Balaban J connectivity index is 1.36. The van der Waals surface area contributed by atoms with Crippen LogP contribution in [0, 0.1) is 0 Å². The highest BCUT2D eigenvalue weighted by atomic mass is 16.2. The molecule has 3 heterocycles. The van der Waals surface area contributed by atoms with E-state index in [1.165, 1.54) is 5.56 Å². The molecule has 0 aliphatic carbocycles. The molecule has 1 aromatic carbocycles. The standard InChI is InChI=1S/C20H25N5O/c1-15-19(26)25-9-5-8-18(25)14-24(15)13-17-11-22-20(23-12-17)21-10-16-6-3-2-4-7-16/h2-4,6-7,11-12,15,18H,5,8-10,13-14H2,1H3,(H,21,22,23)/t15-,18+/m1/s1. The Bertz CT molecular complexity index is 749. The van der Waals surface area contributed by atoms with Gasteiger partial charge in [0.2, 0.25) is 11.9 Å². The molecular weight excluding hydrogens is 326 g/mol. The fourth-order valence-electron chi connectivity index (χ4n) is 3.88. The lowest BCUT2D eigenvalue weighted by Crippen LogP contribution is -2.58. The zero-order chi connectivity index (χ0) is 17.9. The van der Waals surface area contributed by atoms with Crippen molar-refractivity contribution in [1.82, 2.24) is 19.8 Å². The van der Waals surface area contributed by atoms with Crippen LogP contribution in [-0.4, -0.2) is 50.8 Å². The summed E-state index contributed by atoms with van der Waals surface area (Å²) in [6.07, 6.45) is 5.97. The van der Waals surface area contributed by atoms with E-state index in [-0.39, 0.29) is 11.9 Å². The molecule has 4 rings (SSSR count). The molecule has 2 aromatic rings. The van der Waals surface area contributed by atoms with Crippen molar-refractivity contribution >= 4 is 11.9 Å². The number of amides is 1. The van der Waals surface area contributed by atoms with Gasteiger partial charge in [-0.3, -0.25) is 9.69 Å². The topological polar surface area (TPSA) is 61.4 Å². The van der Waals surface area contributed by atoms with Gasteiger partial charge in [-0.1, -0.05) is 30.3 Å². The SMILES string of the molecule is C[C@@H]1C(=O)N2CCC[C@H]2CN1Cc1cnc(NCc2ccccc2)nc1. The molecule has 1 aromatic heterocycles. The van der Waals surface area contributed by atoms with Crippen LogP contribution in [0.15, 0.2) is 42.7 Å². The van der Waals surface area contributed by atoms with Crippen LogP contribution in [0.25, 0.3) is 0 Å². The van der Waals surface area contributed by atoms with Crippen LogP contribution in [0.1, 0.15) is 30.9 Å². The maximum absolute atomic E-state index is 12.5. The lowest BCUT2D eigenvalue weighted by Gasteiger charge is -2.41. The van der Waals surface area contributed by atoms with Gasteiger partial charge < -0.3 is 10.2 Å². The summed E-state index contributed by atoms with van der Waals surface area (Å²) in [6.45, 7) is 5.30. The van der Waals surface area contributed by atoms with Gasteiger partial charge >= 0.3 is 0 Å². The Morgan fingerprint density at radius 1 is 1.15 bits per heavy atom. The summed E-state index contributed by atoms with van der Waals surface area (Å²) in [7, 11) is 0. The summed E-state index contributed by atoms with van der Waals surface area (Å²) in [5.41, 5.74) is 2.24. The van der Waals surface area contributed by atoms with Gasteiger partial charge in [0, 0.05) is 50.2 Å². The molecule has 2 saturated heterocycles. The number of carbonyl (C=O) groups is 1. The highest BCUT2D eigenvalue weighted by molar-refractivity contribution is 5.83. The number of piperazine rings is 1. The van der Waals surface area contributed by atoms with Gasteiger partial charge in [-0.15, -0.1) is 0 Å². The molecule has 0 bridgehead atoms. The van der Waals surface area contributed by atoms with Crippen molar-refractivity contribution in [1.29, 1.82) is 0 Å². The van der Waals surface area contributed by atoms with Gasteiger partial charge in [0.05, 0.1) is 6.04 Å². The molecule has 0 unspecified atom stereocenters. The number of anilines is 1. The number of hydrogen-bond donors (Lipinski definition) is 1. The molecule has 2 aliphatic rings. The minimum absolute atomic E-state index is 0.0692. The first kappa shape index (κ1) is 17.0. The molecule has 2 aliphatic heterocycles. The van der Waals surface area contributed by atoms with Crippen molar-refractivity contribution in [2.45, 2.75) is 44.9 Å². The molecule has 2 fully saturated rings. The van der Waals surface area contributed by atoms with Gasteiger partial charge in [0.15, 0.2) is 0 Å². The summed E-state index contributed by atoms with van der Waals surface area (Å²) >= 11 is 0. The predicted octanol–water partition coefficient (Wildman–Crippen LogP) is 2.28. The number of hydrogen-bond acceptors (Lipinski definition) is 5. The van der Waals surface area contributed by atoms with Gasteiger partial charge in [0.1, 0.15) is 0 Å². The van der Waals surface area contributed by atoms with Crippen LogP contribution in [0.3, 0.4) is 0 Å². The zero-order valence-electron chi connectivity index (χ0n) is 15.1. The Hall–Kier alpha value is -2.47. The van der Waals surface area contributed by atoms with Crippen molar-refractivity contribution in [3.8, 4) is 0 Å². The largest absolute Gasteiger partial charge is 0.350 e. The van der Waals surface area contributed by atoms with Crippen LogP contribution in [-0.2, 0) is 17.9 Å². The van der Waals surface area contributed by atoms with Gasteiger partial charge in [-0.2, -0.15) is 0 Å². The van der Waals surface area contributed by atoms with Crippen molar-refractivity contribution in [3.05, 3.63) is 53.9 Å². The van der Waals surface area contributed by atoms with Crippen LogP contribution >= 0.6 is 0 Å². The second kappa shape index (κ2) is 7.41. The molecule has 0 spiro atoms. The van der Waals surface area contributed by atoms with E-state index in [1.54, 1.807) is 0 Å². The number of carbonyl (C=O) groups excluding carboxylic acids is 1. The van der Waals surface area contributed by atoms with Crippen molar-refractivity contribution in [2.75, 3.05) is 18.4 Å². The fraction of sp³-hybridized carbons (Fsp3) is 0.450. The Morgan fingerprint density at radius 3 is 2.69 bits per heavy atom. The maximum Gasteiger partial charge on any atom is 0.239 e. The summed E-state index contributed by atoms with van der Waals surface area (Å²) in [5, 5.41) is 3.24. The first-order chi connectivity index (χ1) is 12.7. The second-order valence-corrected chi connectivity index (χ2v) is 7.19. The number of aromatic nitrogens is 2. The van der Waals surface area contributed by atoms with Crippen molar-refractivity contribution < 1.29 is 4.79 Å². The number of benzene rings is 1. The van der Waals surface area contributed by atoms with E-state index in [4.69, 9.17) is 0 Å². The quantitative estimate of drug-likeness (QED) is 0.895. The second-order valence-electron chi connectivity index (χ2n) is 7.19. The van der Waals surface area contributed by atoms with Crippen LogP contribution in [0.5, 0.6) is 0 Å². The molecule has 136 valence electrons. The van der Waals surface area contributed by atoms with E-state index in [0.29, 0.717) is 18.5 Å². The Labute approximate surface area is 154 Å². The number of fused-ring (bicyclic) bond motifs is 1. The van der Waals surface area contributed by atoms with Crippen molar-refractivity contribution in [2.24, 2.45) is 0 Å². The first-order valence-corrected chi connectivity index (χ1v) is 9.34. The maximum atomic E-state index is 12.5. The Morgan fingerprint density at radius 2 is 1.92 bits per heavy atom. The monoisotopic (exact) mass is 351 g/mol. The Kier molecular flexibility index (Phi) is 4.84. The lowest BCUT2D eigenvalue weighted by molar-refractivity contribution is -0.143. The zero-order valence-corrected chi connectivity index (χ0v) is 15.1. The number of nitrogens with zero attached hydrogens (tertiary/aromatic N) is 4. The van der Waals surface area contributed by atoms with Crippen molar-refractivity contribution in [3.63, 3.8) is 0 Å². The summed E-state index contributed by atoms with van der Waals surface area (Å²) in [5.74, 6) is 0.892. The van der Waals surface area contributed by atoms with Gasteiger partial charge in [-0.05, 0) is 25.3 Å². The summed E-state index contributed by atoms with van der Waals surface area (Å²) in [4.78, 5) is 25.7. The minimum Gasteiger partial charge on any atom is -0.350 e. The minimum atomic E-state index is -0.0692. The third kappa shape index (κ3) is 3.55. The molecule has 0 saturated carbocycles. The summed E-state index contributed by atoms with van der Waals surface area (Å²) in [6, 6.07) is 10.5. The highest BCUT2D eigenvalue weighted by Gasteiger charge is 2.39. The average molecular weight is 351 g/mol. The third-order valence-corrected chi connectivity index (χ3v) is 5.40. The van der Waals surface area contributed by atoms with E-state index in [0.717, 1.165) is 38.0 Å². The fourth-order valence-corrected chi connectivity index (χ4v) is 3.88. The predicted molar refractivity (Wildman–Crippen MR) is 100 cm³/mol. The third-order valence-electron chi connectivity index (χ3n) is 5.40. The first-order valence-electron chi connectivity index (χ1n) is 9.34. The molecule has 1 N–H and O–H groups in total. The van der Waals surface area contributed by atoms with E-state index >= 15 is 0 Å². The van der Waals surface area contributed by atoms with E-state index in [1.807, 2.05) is 37.5 Å². The molecule has 0 radical (unpaired) electrons. The molecular formula is C20H25N5O. The van der Waals surface area contributed by atoms with E-state index < -0.39 is 0 Å². The van der Waals surface area contributed by atoms with Gasteiger partial charge in [-0.25, -0.2) is 9.97 Å². The van der Waals surface area contributed by atoms with Crippen LogP contribution in [0.4, 0.5) is 5.95 Å². The molecule has 6 heteroatoms. The van der Waals surface area contributed by atoms with Gasteiger partial charge in [0.25, 0.3) is 0 Å². The van der Waals surface area contributed by atoms with Crippen LogP contribution in [0.2, 0.25) is 0 Å². The summed E-state index contributed by atoms with van der Waals surface area (Å²) < 4.78 is 0. The lowest BCUT2D eigenvalue weighted by atomic mass is 10.1. The smallest absolute Gasteiger partial charge is 0.239 e. The van der Waals surface area contributed by atoms with Crippen LogP contribution < -0.4 is 5.32 Å². The molecule has 6 nitrogen and oxygen atoms in total. The highest BCUT2D eigenvalue weighted by Crippen LogP contribution is 2.26. The van der Waals surface area contributed by atoms with E-state index in [9.17, 15) is 4.79 Å². The number of nitrogens with one attached hydrogen (secondary N) is 1. The average Bonchev–Trinajstić information content (AvgIpc) is 3.15.